The Morgan fingerprint density at radius 2 is 1.60 bits per heavy atom. The predicted octanol–water partition coefficient (Wildman–Crippen LogP) is 2.70. The fourth-order valence-electron chi connectivity index (χ4n) is 1.44. The summed E-state index contributed by atoms with van der Waals surface area (Å²) in [7, 11) is -3.54. The van der Waals surface area contributed by atoms with Crippen LogP contribution >= 0.6 is 0 Å². The second kappa shape index (κ2) is 8.43. The Kier molecular flexibility index (Phi) is 8.42. The van der Waals surface area contributed by atoms with Gasteiger partial charge in [-0.15, -0.1) is 6.92 Å². The first-order valence-electron chi connectivity index (χ1n) is 5.47. The zero-order valence-electron chi connectivity index (χ0n) is 11.2. The van der Waals surface area contributed by atoms with Crippen molar-refractivity contribution in [3.05, 3.63) is 59.7 Å². The van der Waals surface area contributed by atoms with Crippen molar-refractivity contribution >= 4 is 15.7 Å². The number of aryl methyl sites for hydroxylation is 2. The molecule has 0 aliphatic carbocycles. The molecule has 2 rings (SSSR count). The van der Waals surface area contributed by atoms with Crippen molar-refractivity contribution in [2.45, 2.75) is 18.7 Å². The van der Waals surface area contributed by atoms with Gasteiger partial charge in [-0.05, 0) is 19.1 Å². The summed E-state index contributed by atoms with van der Waals surface area (Å²) in [6.07, 6.45) is 0. The van der Waals surface area contributed by atoms with Crippen molar-refractivity contribution in [2.75, 3.05) is 4.72 Å². The molecule has 6 heteroatoms. The molecule has 20 heavy (non-hydrogen) atoms. The number of sulfonamides is 1. The largest absolute Gasteiger partial charge is 0.357 e. The third-order valence-electron chi connectivity index (χ3n) is 2.46. The van der Waals surface area contributed by atoms with Gasteiger partial charge >= 0.3 is 0 Å². The van der Waals surface area contributed by atoms with E-state index in [0.29, 0.717) is 5.69 Å². The van der Waals surface area contributed by atoms with Gasteiger partial charge in [-0.1, -0.05) is 17.7 Å². The molecule has 2 aromatic carbocycles. The fraction of sp³-hybridized carbons (Fsp3) is 0.143. The molecule has 0 saturated heterocycles. The molecule has 0 saturated carbocycles. The van der Waals surface area contributed by atoms with Gasteiger partial charge in [0.1, 0.15) is 0 Å². The zero-order valence-corrected chi connectivity index (χ0v) is 17.8. The average molecular weight is 532 g/mol. The molecule has 0 amide bonds. The van der Waals surface area contributed by atoms with Crippen LogP contribution < -0.4 is 4.72 Å². The first-order chi connectivity index (χ1) is 8.47. The van der Waals surface area contributed by atoms with E-state index >= 15 is 0 Å². The molecule has 3 nitrogen and oxygen atoms in total. The van der Waals surface area contributed by atoms with E-state index in [1.807, 2.05) is 13.8 Å². The van der Waals surface area contributed by atoms with Gasteiger partial charge in [0, 0.05) is 53.8 Å². The van der Waals surface area contributed by atoms with Crippen molar-refractivity contribution < 1.29 is 62.2 Å². The van der Waals surface area contributed by atoms with Crippen LogP contribution in [-0.2, 0) is 63.8 Å². The number of rotatable bonds is 3. The van der Waals surface area contributed by atoms with E-state index in [4.69, 9.17) is 0 Å². The van der Waals surface area contributed by atoms with Crippen LogP contribution in [0.3, 0.4) is 0 Å². The number of hydrogen-bond donors (Lipinski definition) is 1. The Bertz CT molecular complexity index is 640. The molecule has 2 aromatic rings. The minimum Gasteiger partial charge on any atom is -0.357 e. The van der Waals surface area contributed by atoms with Crippen molar-refractivity contribution in [1.29, 1.82) is 0 Å². The third-order valence-corrected chi connectivity index (χ3v) is 3.85. The van der Waals surface area contributed by atoms with Crippen molar-refractivity contribution in [2.24, 2.45) is 0 Å². The maximum absolute atomic E-state index is 12.1. The van der Waals surface area contributed by atoms with Crippen molar-refractivity contribution in [1.82, 2.24) is 0 Å². The third kappa shape index (κ3) is 5.40. The number of nitrogens with one attached hydrogen (secondary N) is 1. The van der Waals surface area contributed by atoms with Gasteiger partial charge in [0.25, 0.3) is 0 Å². The van der Waals surface area contributed by atoms with Crippen LogP contribution in [0.15, 0.2) is 41.3 Å². The Morgan fingerprint density at radius 1 is 1.00 bits per heavy atom. The van der Waals surface area contributed by atoms with E-state index in [0.717, 1.165) is 11.1 Å². The molecular formula is C14H13NO2SWY-2. The maximum Gasteiger partial charge on any atom is 0.249 e. The molecule has 0 heterocycles. The summed E-state index contributed by atoms with van der Waals surface area (Å²) in [5.74, 6) is 0. The molecule has 1 radical (unpaired) electrons. The van der Waals surface area contributed by atoms with Gasteiger partial charge in [-0.3, -0.25) is 23.8 Å². The van der Waals surface area contributed by atoms with E-state index in [2.05, 4.69) is 16.9 Å². The summed E-state index contributed by atoms with van der Waals surface area (Å²) in [6, 6.07) is 15.7. The smallest absolute Gasteiger partial charge is 0.249 e. The van der Waals surface area contributed by atoms with Gasteiger partial charge in [-0.25, -0.2) is 8.42 Å². The summed E-state index contributed by atoms with van der Waals surface area (Å²) < 4.78 is 26.6. The number of hydrogen-bond acceptors (Lipinski definition) is 2. The quantitative estimate of drug-likeness (QED) is 0.619. The van der Waals surface area contributed by atoms with Gasteiger partial charge in [0.2, 0.25) is 10.0 Å². The van der Waals surface area contributed by atoms with E-state index in [9.17, 15) is 8.42 Å². The summed E-state index contributed by atoms with van der Waals surface area (Å²) in [5, 5.41) is 0. The first-order valence-corrected chi connectivity index (χ1v) is 6.95. The van der Waals surface area contributed by atoms with E-state index < -0.39 is 10.0 Å². The molecule has 0 unspecified atom stereocenters. The van der Waals surface area contributed by atoms with Crippen LogP contribution in [0.5, 0.6) is 0 Å². The van der Waals surface area contributed by atoms with Gasteiger partial charge in [0.15, 0.2) is 0 Å². The minimum absolute atomic E-state index is 0. The fourth-order valence-corrected chi connectivity index (χ4v) is 2.45. The second-order valence-electron chi connectivity index (χ2n) is 4.09. The molecule has 103 valence electrons. The Labute approximate surface area is 159 Å². The Morgan fingerprint density at radius 3 is 2.10 bits per heavy atom. The molecule has 0 atom stereocenters. The van der Waals surface area contributed by atoms with E-state index in [-0.39, 0.29) is 58.7 Å². The van der Waals surface area contributed by atoms with Gasteiger partial charge in [-0.2, -0.15) is 5.69 Å². The Balaban J connectivity index is 0.00000180. The van der Waals surface area contributed by atoms with Crippen molar-refractivity contribution in [3.63, 3.8) is 0 Å². The summed E-state index contributed by atoms with van der Waals surface area (Å²) in [5.41, 5.74) is 2.32. The topological polar surface area (TPSA) is 46.2 Å². The van der Waals surface area contributed by atoms with Crippen LogP contribution in [0.2, 0.25) is 0 Å². The van der Waals surface area contributed by atoms with Crippen LogP contribution in [0.4, 0.5) is 5.69 Å². The van der Waals surface area contributed by atoms with Crippen molar-refractivity contribution in [3.8, 4) is 0 Å². The summed E-state index contributed by atoms with van der Waals surface area (Å²) >= 11 is 0. The number of anilines is 1. The van der Waals surface area contributed by atoms with Crippen LogP contribution in [0.1, 0.15) is 11.1 Å². The number of benzene rings is 2. The van der Waals surface area contributed by atoms with E-state index in [1.165, 1.54) is 0 Å². The first kappa shape index (κ1) is 20.0. The maximum atomic E-state index is 12.1. The predicted molar refractivity (Wildman–Crippen MR) is 70.8 cm³/mol. The van der Waals surface area contributed by atoms with E-state index in [1.54, 1.807) is 36.4 Å². The molecule has 0 aromatic heterocycles. The molecule has 0 bridgehead atoms. The molecule has 0 aliphatic heterocycles. The molecule has 0 fully saturated rings. The van der Waals surface area contributed by atoms with Crippen LogP contribution in [0, 0.1) is 26.0 Å². The zero-order chi connectivity index (χ0) is 13.2. The van der Waals surface area contributed by atoms with Gasteiger partial charge < -0.3 is 10.8 Å². The van der Waals surface area contributed by atoms with Crippen LogP contribution in [-0.4, -0.2) is 8.42 Å². The second-order valence-corrected chi connectivity index (χ2v) is 5.77. The Hall–Kier alpha value is -0.0178. The van der Waals surface area contributed by atoms with Gasteiger partial charge in [0.05, 0.1) is 4.90 Å². The normalized spacial score (nSPS) is 10.1. The summed E-state index contributed by atoms with van der Waals surface area (Å²) in [4.78, 5) is 0.238. The molecule has 0 aliphatic rings. The standard InChI is InChI=1S/C14H13NO2S.W.Y/c1-11-3-7-13(8-4-11)15-18(16,17)14-9-5-12(2)6-10-14;;/h3,5-6,8-10,15H,1-2H3;;/q-2;;. The SMILES string of the molecule is Cc1[c-]cc(NS(=O)(=O)c2ccc(C)cc2)[c-]c1.[W].[Y]. The molecule has 0 spiro atoms. The monoisotopic (exact) mass is 532 g/mol. The summed E-state index contributed by atoms with van der Waals surface area (Å²) in [6.45, 7) is 3.78. The molecular weight excluding hydrogens is 519 g/mol. The minimum atomic E-state index is -3.54. The van der Waals surface area contributed by atoms with Crippen LogP contribution in [0.25, 0.3) is 0 Å². The average Bonchev–Trinajstić information content (AvgIpc) is 2.32. The molecule has 1 N–H and O–H groups in total.